The zero-order valence-corrected chi connectivity index (χ0v) is 21.2. The molecule has 0 aliphatic rings. The molecule has 7 nitrogen and oxygen atoms in total. The van der Waals surface area contributed by atoms with Crippen LogP contribution in [0.1, 0.15) is 22.3 Å². The molecule has 2 N–H and O–H groups in total. The fourth-order valence-electron chi connectivity index (χ4n) is 2.87. The highest BCUT2D eigenvalue weighted by Gasteiger charge is 2.14. The number of ether oxygens (including phenoxy) is 2. The number of hydrogen-bond acceptors (Lipinski definition) is 5. The van der Waals surface area contributed by atoms with E-state index < -0.39 is 11.8 Å². The van der Waals surface area contributed by atoms with E-state index in [1.54, 1.807) is 30.3 Å². The molecular formula is C25H23BrClN3O4. The van der Waals surface area contributed by atoms with Crippen LogP contribution in [-0.2, 0) is 16.2 Å². The van der Waals surface area contributed by atoms with Crippen molar-refractivity contribution in [2.75, 3.05) is 12.4 Å². The van der Waals surface area contributed by atoms with Gasteiger partial charge >= 0.3 is 11.8 Å². The number of methoxy groups -OCH3 is 1. The number of nitrogens with one attached hydrogen (secondary N) is 2. The number of carbonyl (C=O) groups is 2. The minimum Gasteiger partial charge on any atom is -0.493 e. The minimum atomic E-state index is -0.919. The maximum atomic E-state index is 12.1. The minimum absolute atomic E-state index is 0.375. The molecule has 0 radical (unpaired) electrons. The average molecular weight is 545 g/mol. The second kappa shape index (κ2) is 11.7. The van der Waals surface area contributed by atoms with Crippen molar-refractivity contribution in [3.05, 3.63) is 86.3 Å². The molecule has 0 aromatic heterocycles. The van der Waals surface area contributed by atoms with Crippen molar-refractivity contribution in [1.29, 1.82) is 0 Å². The molecule has 0 saturated carbocycles. The molecule has 0 spiro atoms. The van der Waals surface area contributed by atoms with Gasteiger partial charge in [0.05, 0.1) is 17.8 Å². The molecule has 0 aliphatic carbocycles. The fraction of sp³-hybridized carbons (Fsp3) is 0.160. The van der Waals surface area contributed by atoms with Crippen molar-refractivity contribution in [2.24, 2.45) is 5.10 Å². The smallest absolute Gasteiger partial charge is 0.329 e. The van der Waals surface area contributed by atoms with E-state index in [9.17, 15) is 9.59 Å². The summed E-state index contributed by atoms with van der Waals surface area (Å²) >= 11 is 9.52. The lowest BCUT2D eigenvalue weighted by molar-refractivity contribution is -0.136. The molecule has 0 saturated heterocycles. The Morgan fingerprint density at radius 2 is 1.79 bits per heavy atom. The van der Waals surface area contributed by atoms with Crippen molar-refractivity contribution in [2.45, 2.75) is 20.5 Å². The zero-order valence-electron chi connectivity index (χ0n) is 18.8. The van der Waals surface area contributed by atoms with Crippen molar-refractivity contribution >= 4 is 51.2 Å². The number of benzene rings is 3. The van der Waals surface area contributed by atoms with E-state index in [2.05, 4.69) is 31.8 Å². The first kappa shape index (κ1) is 25.3. The van der Waals surface area contributed by atoms with E-state index >= 15 is 0 Å². The molecule has 9 heteroatoms. The lowest BCUT2D eigenvalue weighted by Crippen LogP contribution is -2.32. The number of carbonyl (C=O) groups excluding carboxylic acids is 2. The van der Waals surface area contributed by atoms with E-state index in [0.717, 1.165) is 11.1 Å². The van der Waals surface area contributed by atoms with Crippen molar-refractivity contribution < 1.29 is 19.1 Å². The Balaban J connectivity index is 1.61. The first-order chi connectivity index (χ1) is 16.3. The second-order valence-electron chi connectivity index (χ2n) is 7.43. The van der Waals surface area contributed by atoms with Crippen LogP contribution < -0.4 is 20.2 Å². The Labute approximate surface area is 211 Å². The molecule has 0 bridgehead atoms. The monoisotopic (exact) mass is 543 g/mol. The summed E-state index contributed by atoms with van der Waals surface area (Å²) in [4.78, 5) is 24.1. The van der Waals surface area contributed by atoms with Crippen molar-refractivity contribution in [3.63, 3.8) is 0 Å². The molecule has 0 unspecified atom stereocenters. The van der Waals surface area contributed by atoms with Crippen LogP contribution in [0, 0.1) is 13.8 Å². The number of amides is 2. The zero-order chi connectivity index (χ0) is 24.7. The van der Waals surface area contributed by atoms with Gasteiger partial charge in [0.1, 0.15) is 6.61 Å². The summed E-state index contributed by atoms with van der Waals surface area (Å²) in [5.41, 5.74) is 6.30. The lowest BCUT2D eigenvalue weighted by Gasteiger charge is -2.13. The van der Waals surface area contributed by atoms with Gasteiger partial charge in [0.25, 0.3) is 0 Å². The van der Waals surface area contributed by atoms with Gasteiger partial charge in [0, 0.05) is 10.7 Å². The summed E-state index contributed by atoms with van der Waals surface area (Å²) in [5, 5.41) is 6.81. The third-order valence-electron chi connectivity index (χ3n) is 4.77. The standard InChI is InChI=1S/C25H23BrClN3O4/c1-15-4-7-17(8-5-15)14-34-23-20(26)10-18(11-22(23)33-3)13-28-30-25(32)24(31)29-19-9-6-16(2)21(27)12-19/h4-13H,14H2,1-3H3,(H,29,31)(H,30,32). The van der Waals surface area contributed by atoms with Gasteiger partial charge in [0.15, 0.2) is 11.5 Å². The van der Waals surface area contributed by atoms with E-state index in [1.165, 1.54) is 18.9 Å². The molecule has 2 amide bonds. The molecule has 0 atom stereocenters. The normalized spacial score (nSPS) is 10.7. The molecule has 34 heavy (non-hydrogen) atoms. The first-order valence-electron chi connectivity index (χ1n) is 10.2. The van der Waals surface area contributed by atoms with Gasteiger partial charge in [-0.1, -0.05) is 47.5 Å². The maximum Gasteiger partial charge on any atom is 0.329 e. The van der Waals surface area contributed by atoms with Gasteiger partial charge in [-0.3, -0.25) is 9.59 Å². The first-order valence-corrected chi connectivity index (χ1v) is 11.4. The summed E-state index contributed by atoms with van der Waals surface area (Å²) in [6.07, 6.45) is 1.39. The summed E-state index contributed by atoms with van der Waals surface area (Å²) < 4.78 is 12.0. The third-order valence-corrected chi connectivity index (χ3v) is 5.77. The van der Waals surface area contributed by atoms with Gasteiger partial charge in [-0.2, -0.15) is 5.10 Å². The summed E-state index contributed by atoms with van der Waals surface area (Å²) in [7, 11) is 1.53. The fourth-order valence-corrected chi connectivity index (χ4v) is 3.62. The lowest BCUT2D eigenvalue weighted by atomic mass is 10.2. The van der Waals surface area contributed by atoms with Gasteiger partial charge in [-0.15, -0.1) is 0 Å². The van der Waals surface area contributed by atoms with Crippen LogP contribution in [-0.4, -0.2) is 25.1 Å². The number of anilines is 1. The van der Waals surface area contributed by atoms with E-state index in [4.69, 9.17) is 21.1 Å². The molecule has 0 fully saturated rings. The Hall–Kier alpha value is -3.36. The topological polar surface area (TPSA) is 89.0 Å². The summed E-state index contributed by atoms with van der Waals surface area (Å²) in [6.45, 7) is 4.24. The van der Waals surface area contributed by atoms with E-state index in [-0.39, 0.29) is 0 Å². The Morgan fingerprint density at radius 3 is 2.47 bits per heavy atom. The molecule has 176 valence electrons. The Kier molecular flexibility index (Phi) is 8.67. The van der Waals surface area contributed by atoms with Crippen LogP contribution >= 0.6 is 27.5 Å². The van der Waals surface area contributed by atoms with Crippen LogP contribution in [0.5, 0.6) is 11.5 Å². The number of hydrogen-bond donors (Lipinski definition) is 2. The predicted octanol–water partition coefficient (Wildman–Crippen LogP) is 5.40. The third kappa shape index (κ3) is 6.82. The molecule has 0 heterocycles. The molecule has 3 aromatic carbocycles. The predicted molar refractivity (Wildman–Crippen MR) is 137 cm³/mol. The van der Waals surface area contributed by atoms with Crippen LogP contribution in [0.15, 0.2) is 64.2 Å². The Morgan fingerprint density at radius 1 is 1.06 bits per heavy atom. The Bertz CT molecular complexity index is 1230. The molecule has 0 aliphatic heterocycles. The molecule has 3 rings (SSSR count). The number of halogens is 2. The number of aryl methyl sites for hydroxylation is 2. The van der Waals surface area contributed by atoms with Crippen molar-refractivity contribution in [3.8, 4) is 11.5 Å². The van der Waals surface area contributed by atoms with E-state index in [0.29, 0.717) is 38.9 Å². The van der Waals surface area contributed by atoms with Gasteiger partial charge in [-0.05, 0) is 70.7 Å². The number of hydrazone groups is 1. The highest BCUT2D eigenvalue weighted by molar-refractivity contribution is 9.10. The molecule has 3 aromatic rings. The van der Waals surface area contributed by atoms with Crippen LogP contribution in [0.4, 0.5) is 5.69 Å². The van der Waals surface area contributed by atoms with E-state index in [1.807, 2.05) is 38.1 Å². The van der Waals surface area contributed by atoms with Crippen LogP contribution in [0.3, 0.4) is 0 Å². The number of rotatable bonds is 7. The van der Waals surface area contributed by atoms with Crippen LogP contribution in [0.25, 0.3) is 0 Å². The summed E-state index contributed by atoms with van der Waals surface area (Å²) in [6, 6.07) is 16.5. The van der Waals surface area contributed by atoms with Crippen molar-refractivity contribution in [1.82, 2.24) is 5.43 Å². The van der Waals surface area contributed by atoms with Gasteiger partial charge < -0.3 is 14.8 Å². The molecular weight excluding hydrogens is 522 g/mol. The van der Waals surface area contributed by atoms with Gasteiger partial charge in [-0.25, -0.2) is 5.43 Å². The largest absolute Gasteiger partial charge is 0.493 e. The number of nitrogens with zero attached hydrogens (tertiary/aromatic N) is 1. The highest BCUT2D eigenvalue weighted by Crippen LogP contribution is 2.36. The average Bonchev–Trinajstić information content (AvgIpc) is 2.81. The highest BCUT2D eigenvalue weighted by atomic mass is 79.9. The SMILES string of the molecule is COc1cc(C=NNC(=O)C(=O)Nc2ccc(C)c(Cl)c2)cc(Br)c1OCc1ccc(C)cc1. The second-order valence-corrected chi connectivity index (χ2v) is 8.69. The maximum absolute atomic E-state index is 12.1. The van der Waals surface area contributed by atoms with Gasteiger partial charge in [0.2, 0.25) is 0 Å². The quantitative estimate of drug-likeness (QED) is 0.237. The summed E-state index contributed by atoms with van der Waals surface area (Å²) in [5.74, 6) is -0.753. The van der Waals surface area contributed by atoms with Crippen LogP contribution in [0.2, 0.25) is 5.02 Å².